The average Bonchev–Trinajstić information content (AvgIpc) is 2.54. The highest BCUT2D eigenvalue weighted by Crippen LogP contribution is 2.24. The summed E-state index contributed by atoms with van der Waals surface area (Å²) in [4.78, 5) is 11.6. The maximum atomic E-state index is 11.6. The summed E-state index contributed by atoms with van der Waals surface area (Å²) in [6.45, 7) is 4.42. The molecule has 22 heavy (non-hydrogen) atoms. The number of benzene rings is 2. The number of hydrogen-bond acceptors (Lipinski definition) is 4. The van der Waals surface area contributed by atoms with E-state index in [9.17, 15) is 9.90 Å². The summed E-state index contributed by atoms with van der Waals surface area (Å²) in [6.07, 6.45) is 0.270. The van der Waals surface area contributed by atoms with Crippen LogP contribution in [0.1, 0.15) is 20.3 Å². The van der Waals surface area contributed by atoms with Crippen LogP contribution in [0.2, 0.25) is 0 Å². The summed E-state index contributed by atoms with van der Waals surface area (Å²) in [7, 11) is 0. The van der Waals surface area contributed by atoms with Crippen molar-refractivity contribution in [3.8, 4) is 22.6 Å². The lowest BCUT2D eigenvalue weighted by atomic mass is 10.1. The Bertz CT molecular complexity index is 602. The maximum Gasteiger partial charge on any atom is 0.513 e. The molecular formula is C18H20O4. The Hall–Kier alpha value is -2.49. The van der Waals surface area contributed by atoms with Gasteiger partial charge < -0.3 is 14.6 Å². The smallest absolute Gasteiger partial charge is 0.508 e. The van der Waals surface area contributed by atoms with E-state index < -0.39 is 6.16 Å². The molecule has 0 saturated carbocycles. The standard InChI is InChI=1S/C18H20O4/c1-3-13(2)12-21-18(20)22-17-10-6-15(7-11-17)14-4-8-16(19)9-5-14/h4-11,13,19H,3,12H2,1-2H3. The first kappa shape index (κ1) is 15.9. The molecular weight excluding hydrogens is 280 g/mol. The number of ether oxygens (including phenoxy) is 2. The molecule has 0 fully saturated rings. The Labute approximate surface area is 130 Å². The molecule has 1 atom stereocenters. The third-order valence-electron chi connectivity index (χ3n) is 3.44. The molecule has 2 rings (SSSR count). The SMILES string of the molecule is CCC(C)COC(=O)Oc1ccc(-c2ccc(O)cc2)cc1. The lowest BCUT2D eigenvalue weighted by molar-refractivity contribution is 0.0857. The summed E-state index contributed by atoms with van der Waals surface area (Å²) >= 11 is 0. The number of phenolic OH excluding ortho intramolecular Hbond substituents is 1. The fourth-order valence-electron chi connectivity index (χ4n) is 1.82. The van der Waals surface area contributed by atoms with E-state index in [1.165, 1.54) is 0 Å². The summed E-state index contributed by atoms with van der Waals surface area (Å²) < 4.78 is 10.2. The monoisotopic (exact) mass is 300 g/mol. The van der Waals surface area contributed by atoms with Crippen molar-refractivity contribution in [3.63, 3.8) is 0 Å². The van der Waals surface area contributed by atoms with Gasteiger partial charge in [-0.2, -0.15) is 0 Å². The fraction of sp³-hybridized carbons (Fsp3) is 0.278. The summed E-state index contributed by atoms with van der Waals surface area (Å²) in [5.41, 5.74) is 1.95. The number of aromatic hydroxyl groups is 1. The van der Waals surface area contributed by atoms with Crippen molar-refractivity contribution in [1.29, 1.82) is 0 Å². The van der Waals surface area contributed by atoms with Crippen LogP contribution in [0.5, 0.6) is 11.5 Å². The van der Waals surface area contributed by atoms with Crippen molar-refractivity contribution in [2.75, 3.05) is 6.61 Å². The number of hydrogen-bond donors (Lipinski definition) is 1. The second kappa shape index (κ2) is 7.50. The van der Waals surface area contributed by atoms with Gasteiger partial charge in [0.25, 0.3) is 0 Å². The molecule has 0 aliphatic carbocycles. The van der Waals surface area contributed by atoms with E-state index in [0.717, 1.165) is 17.5 Å². The molecule has 0 bridgehead atoms. The van der Waals surface area contributed by atoms with E-state index in [2.05, 4.69) is 0 Å². The van der Waals surface area contributed by atoms with Gasteiger partial charge >= 0.3 is 6.16 Å². The van der Waals surface area contributed by atoms with Crippen LogP contribution in [0.3, 0.4) is 0 Å². The van der Waals surface area contributed by atoms with Gasteiger partial charge in [0, 0.05) is 0 Å². The first-order chi connectivity index (χ1) is 10.6. The van der Waals surface area contributed by atoms with Gasteiger partial charge in [-0.15, -0.1) is 0 Å². The van der Waals surface area contributed by atoms with Gasteiger partial charge in [-0.25, -0.2) is 4.79 Å². The number of carbonyl (C=O) groups excluding carboxylic acids is 1. The molecule has 2 aromatic carbocycles. The Morgan fingerprint density at radius 1 is 1.05 bits per heavy atom. The van der Waals surface area contributed by atoms with E-state index in [-0.39, 0.29) is 5.75 Å². The predicted molar refractivity (Wildman–Crippen MR) is 85.0 cm³/mol. The number of phenols is 1. The molecule has 0 saturated heterocycles. The van der Waals surface area contributed by atoms with E-state index >= 15 is 0 Å². The van der Waals surface area contributed by atoms with Crippen LogP contribution in [0.15, 0.2) is 48.5 Å². The zero-order chi connectivity index (χ0) is 15.9. The summed E-state index contributed by atoms with van der Waals surface area (Å²) in [6, 6.07) is 14.0. The third-order valence-corrected chi connectivity index (χ3v) is 3.44. The minimum Gasteiger partial charge on any atom is -0.508 e. The minimum absolute atomic E-state index is 0.229. The molecule has 0 aliphatic rings. The second-order valence-electron chi connectivity index (χ2n) is 5.25. The number of carbonyl (C=O) groups is 1. The van der Waals surface area contributed by atoms with Crippen LogP contribution in [0.25, 0.3) is 11.1 Å². The zero-order valence-corrected chi connectivity index (χ0v) is 12.8. The minimum atomic E-state index is -0.683. The lowest BCUT2D eigenvalue weighted by Crippen LogP contribution is -2.15. The van der Waals surface area contributed by atoms with Gasteiger partial charge in [0.1, 0.15) is 11.5 Å². The van der Waals surface area contributed by atoms with Crippen molar-refractivity contribution >= 4 is 6.16 Å². The van der Waals surface area contributed by atoms with E-state index in [1.807, 2.05) is 38.1 Å². The predicted octanol–water partition coefficient (Wildman–Crippen LogP) is 4.62. The molecule has 1 unspecified atom stereocenters. The Balaban J connectivity index is 1.94. The number of rotatable bonds is 5. The van der Waals surface area contributed by atoms with Gasteiger partial charge in [-0.1, -0.05) is 44.5 Å². The largest absolute Gasteiger partial charge is 0.513 e. The van der Waals surface area contributed by atoms with Crippen molar-refractivity contribution < 1.29 is 19.4 Å². The molecule has 0 heterocycles. The van der Waals surface area contributed by atoms with Crippen molar-refractivity contribution in [2.45, 2.75) is 20.3 Å². The van der Waals surface area contributed by atoms with Gasteiger partial charge in [-0.3, -0.25) is 0 Å². The van der Waals surface area contributed by atoms with E-state index in [4.69, 9.17) is 9.47 Å². The van der Waals surface area contributed by atoms with Gasteiger partial charge in [0.2, 0.25) is 0 Å². The Kier molecular flexibility index (Phi) is 5.42. The van der Waals surface area contributed by atoms with Crippen LogP contribution in [-0.4, -0.2) is 17.9 Å². The first-order valence-corrected chi connectivity index (χ1v) is 7.32. The van der Waals surface area contributed by atoms with Crippen molar-refractivity contribution in [2.24, 2.45) is 5.92 Å². The van der Waals surface area contributed by atoms with Crippen LogP contribution in [0, 0.1) is 5.92 Å². The molecule has 116 valence electrons. The lowest BCUT2D eigenvalue weighted by Gasteiger charge is -2.10. The van der Waals surface area contributed by atoms with Gasteiger partial charge in [0.05, 0.1) is 6.61 Å². The van der Waals surface area contributed by atoms with Crippen molar-refractivity contribution in [3.05, 3.63) is 48.5 Å². The highest BCUT2D eigenvalue weighted by molar-refractivity contribution is 5.67. The second-order valence-corrected chi connectivity index (χ2v) is 5.25. The molecule has 1 N–H and O–H groups in total. The molecule has 0 aliphatic heterocycles. The van der Waals surface area contributed by atoms with Crippen LogP contribution in [-0.2, 0) is 4.74 Å². The zero-order valence-electron chi connectivity index (χ0n) is 12.8. The molecule has 0 radical (unpaired) electrons. The molecule has 4 nitrogen and oxygen atoms in total. The van der Waals surface area contributed by atoms with Crippen molar-refractivity contribution in [1.82, 2.24) is 0 Å². The molecule has 2 aromatic rings. The molecule has 0 amide bonds. The molecule has 0 spiro atoms. The van der Waals surface area contributed by atoms with E-state index in [1.54, 1.807) is 24.3 Å². The summed E-state index contributed by atoms with van der Waals surface area (Å²) in [5, 5.41) is 9.28. The average molecular weight is 300 g/mol. The Morgan fingerprint density at radius 3 is 2.14 bits per heavy atom. The quantitative estimate of drug-likeness (QED) is 0.646. The summed E-state index contributed by atoms with van der Waals surface area (Å²) in [5.74, 6) is 0.994. The molecule has 4 heteroatoms. The third kappa shape index (κ3) is 4.52. The van der Waals surface area contributed by atoms with Gasteiger partial charge in [0.15, 0.2) is 0 Å². The highest BCUT2D eigenvalue weighted by Gasteiger charge is 2.08. The molecule has 0 aromatic heterocycles. The highest BCUT2D eigenvalue weighted by atomic mass is 16.7. The van der Waals surface area contributed by atoms with E-state index in [0.29, 0.717) is 18.3 Å². The first-order valence-electron chi connectivity index (χ1n) is 7.32. The fourth-order valence-corrected chi connectivity index (χ4v) is 1.82. The van der Waals surface area contributed by atoms with Crippen LogP contribution in [0.4, 0.5) is 4.79 Å². The normalized spacial score (nSPS) is 11.7. The van der Waals surface area contributed by atoms with Gasteiger partial charge in [-0.05, 0) is 41.3 Å². The van der Waals surface area contributed by atoms with Crippen LogP contribution < -0.4 is 4.74 Å². The Morgan fingerprint density at radius 2 is 1.59 bits per heavy atom. The van der Waals surface area contributed by atoms with Crippen LogP contribution >= 0.6 is 0 Å². The maximum absolute atomic E-state index is 11.6. The topological polar surface area (TPSA) is 55.8 Å².